The van der Waals surface area contributed by atoms with E-state index in [1.165, 1.54) is 17.6 Å². The van der Waals surface area contributed by atoms with Crippen molar-refractivity contribution in [3.05, 3.63) is 65.1 Å². The SMILES string of the molecule is Cc1cccc(N(C(=O)c2csnn2)C(C(=O)NC2CCCCC2)c2ccco2)c1. The maximum absolute atomic E-state index is 13.5. The van der Waals surface area contributed by atoms with E-state index < -0.39 is 11.9 Å². The molecule has 1 atom stereocenters. The van der Waals surface area contributed by atoms with E-state index in [-0.39, 0.29) is 17.6 Å². The fourth-order valence-corrected chi connectivity index (χ4v) is 4.32. The van der Waals surface area contributed by atoms with Gasteiger partial charge < -0.3 is 9.73 Å². The van der Waals surface area contributed by atoms with Crippen LogP contribution in [0.5, 0.6) is 0 Å². The third-order valence-corrected chi connectivity index (χ3v) is 5.85. The second-order valence-corrected chi connectivity index (χ2v) is 8.18. The summed E-state index contributed by atoms with van der Waals surface area (Å²) in [7, 11) is 0. The zero-order valence-electron chi connectivity index (χ0n) is 16.8. The molecule has 4 rings (SSSR count). The Kier molecular flexibility index (Phi) is 6.23. The Labute approximate surface area is 179 Å². The van der Waals surface area contributed by atoms with E-state index >= 15 is 0 Å². The highest BCUT2D eigenvalue weighted by atomic mass is 32.1. The van der Waals surface area contributed by atoms with Gasteiger partial charge >= 0.3 is 0 Å². The van der Waals surface area contributed by atoms with Crippen LogP contribution in [0.4, 0.5) is 5.69 Å². The zero-order valence-corrected chi connectivity index (χ0v) is 17.6. The maximum atomic E-state index is 13.5. The second-order valence-electron chi connectivity index (χ2n) is 7.57. The van der Waals surface area contributed by atoms with Gasteiger partial charge in [0.2, 0.25) is 0 Å². The van der Waals surface area contributed by atoms with E-state index in [1.807, 2.05) is 31.2 Å². The van der Waals surface area contributed by atoms with Crippen LogP contribution in [0.2, 0.25) is 0 Å². The topological polar surface area (TPSA) is 88.3 Å². The molecule has 1 unspecified atom stereocenters. The molecule has 0 radical (unpaired) electrons. The minimum atomic E-state index is -0.946. The van der Waals surface area contributed by atoms with E-state index in [2.05, 4.69) is 14.9 Å². The van der Waals surface area contributed by atoms with Crippen LogP contribution < -0.4 is 10.2 Å². The standard InChI is InChI=1S/C22H24N4O3S/c1-15-7-5-10-17(13-15)26(22(28)18-14-30-25-24-18)20(19-11-6-12-29-19)21(27)23-16-8-3-2-4-9-16/h5-7,10-14,16,20H,2-4,8-9H2,1H3,(H,23,27). The first kappa shape index (κ1) is 20.3. The van der Waals surface area contributed by atoms with E-state index in [0.29, 0.717) is 11.4 Å². The van der Waals surface area contributed by atoms with E-state index in [4.69, 9.17) is 4.42 Å². The molecular formula is C22H24N4O3S. The van der Waals surface area contributed by atoms with Crippen LogP contribution in [-0.4, -0.2) is 27.4 Å². The lowest BCUT2D eigenvalue weighted by Gasteiger charge is -2.31. The van der Waals surface area contributed by atoms with Gasteiger partial charge in [0.25, 0.3) is 11.8 Å². The summed E-state index contributed by atoms with van der Waals surface area (Å²) in [5.41, 5.74) is 1.78. The number of aryl methyl sites for hydroxylation is 1. The van der Waals surface area contributed by atoms with Crippen molar-refractivity contribution in [2.24, 2.45) is 0 Å². The van der Waals surface area contributed by atoms with Crippen molar-refractivity contribution >= 4 is 29.0 Å². The lowest BCUT2D eigenvalue weighted by Crippen LogP contribution is -2.47. The summed E-state index contributed by atoms with van der Waals surface area (Å²) in [6.07, 6.45) is 6.80. The Bertz CT molecular complexity index is 982. The molecule has 1 aliphatic rings. The van der Waals surface area contributed by atoms with Crippen LogP contribution in [0.3, 0.4) is 0 Å². The molecule has 0 saturated heterocycles. The molecule has 2 aromatic heterocycles. The van der Waals surface area contributed by atoms with Gasteiger partial charge in [0.1, 0.15) is 5.76 Å². The molecule has 3 aromatic rings. The number of aromatic nitrogens is 2. The fourth-order valence-electron chi connectivity index (χ4n) is 3.89. The van der Waals surface area contributed by atoms with E-state index in [1.54, 1.807) is 17.5 Å². The van der Waals surface area contributed by atoms with Crippen LogP contribution in [0.25, 0.3) is 0 Å². The molecule has 156 valence electrons. The van der Waals surface area contributed by atoms with Crippen molar-refractivity contribution in [1.82, 2.24) is 14.9 Å². The average Bonchev–Trinajstić information content (AvgIpc) is 3.46. The molecule has 0 aliphatic heterocycles. The van der Waals surface area contributed by atoms with Crippen molar-refractivity contribution in [3.63, 3.8) is 0 Å². The Morgan fingerprint density at radius 3 is 2.70 bits per heavy atom. The molecule has 30 heavy (non-hydrogen) atoms. The molecule has 1 fully saturated rings. The van der Waals surface area contributed by atoms with Crippen molar-refractivity contribution in [3.8, 4) is 0 Å². The van der Waals surface area contributed by atoms with Gasteiger partial charge in [-0.3, -0.25) is 14.5 Å². The normalized spacial score (nSPS) is 15.5. The number of anilines is 1. The van der Waals surface area contributed by atoms with Crippen LogP contribution >= 0.6 is 11.5 Å². The fraction of sp³-hybridized carbons (Fsp3) is 0.364. The Hall–Kier alpha value is -3.00. The molecular weight excluding hydrogens is 400 g/mol. The summed E-state index contributed by atoms with van der Waals surface area (Å²) in [5.74, 6) is -0.245. The maximum Gasteiger partial charge on any atom is 0.280 e. The number of furan rings is 1. The first-order valence-corrected chi connectivity index (χ1v) is 11.0. The number of nitrogens with zero attached hydrogens (tertiary/aromatic N) is 3. The minimum absolute atomic E-state index is 0.110. The van der Waals surface area contributed by atoms with Gasteiger partial charge in [-0.15, -0.1) is 5.10 Å². The largest absolute Gasteiger partial charge is 0.467 e. The highest BCUT2D eigenvalue weighted by Crippen LogP contribution is 2.31. The van der Waals surface area contributed by atoms with Crippen LogP contribution in [-0.2, 0) is 4.79 Å². The van der Waals surface area contributed by atoms with Gasteiger partial charge in [-0.1, -0.05) is 35.9 Å². The van der Waals surface area contributed by atoms with Crippen molar-refractivity contribution in [2.45, 2.75) is 51.1 Å². The first-order chi connectivity index (χ1) is 14.6. The third-order valence-electron chi connectivity index (χ3n) is 5.35. The number of benzene rings is 1. The molecule has 2 amide bonds. The smallest absolute Gasteiger partial charge is 0.280 e. The van der Waals surface area contributed by atoms with Gasteiger partial charge in [0.05, 0.1) is 6.26 Å². The molecule has 1 saturated carbocycles. The van der Waals surface area contributed by atoms with Crippen LogP contribution in [0, 0.1) is 6.92 Å². The minimum Gasteiger partial charge on any atom is -0.467 e. The highest BCUT2D eigenvalue weighted by Gasteiger charge is 2.37. The first-order valence-electron chi connectivity index (χ1n) is 10.1. The summed E-state index contributed by atoms with van der Waals surface area (Å²) in [5, 5.41) is 8.67. The van der Waals surface area contributed by atoms with Gasteiger partial charge in [0.15, 0.2) is 11.7 Å². The summed E-state index contributed by atoms with van der Waals surface area (Å²) in [6, 6.07) is 10.1. The number of amides is 2. The van der Waals surface area contributed by atoms with E-state index in [9.17, 15) is 9.59 Å². The molecule has 7 nitrogen and oxygen atoms in total. The Morgan fingerprint density at radius 1 is 1.20 bits per heavy atom. The quantitative estimate of drug-likeness (QED) is 0.638. The molecule has 2 heterocycles. The van der Waals surface area contributed by atoms with Gasteiger partial charge in [-0.2, -0.15) is 0 Å². The number of hydrogen-bond acceptors (Lipinski definition) is 6. The molecule has 8 heteroatoms. The van der Waals surface area contributed by atoms with Gasteiger partial charge in [0, 0.05) is 17.1 Å². The molecule has 1 N–H and O–H groups in total. The number of carbonyl (C=O) groups excluding carboxylic acids is 2. The third kappa shape index (κ3) is 4.43. The summed E-state index contributed by atoms with van der Waals surface area (Å²) >= 11 is 1.10. The average molecular weight is 425 g/mol. The summed E-state index contributed by atoms with van der Waals surface area (Å²) < 4.78 is 9.44. The Balaban J connectivity index is 1.74. The summed E-state index contributed by atoms with van der Waals surface area (Å²) in [4.78, 5) is 28.4. The lowest BCUT2D eigenvalue weighted by molar-refractivity contribution is -0.123. The van der Waals surface area contributed by atoms with Crippen LogP contribution in [0.1, 0.15) is 60.0 Å². The lowest BCUT2D eigenvalue weighted by atomic mass is 9.95. The van der Waals surface area contributed by atoms with E-state index in [0.717, 1.165) is 42.8 Å². The van der Waals surface area contributed by atoms with Crippen molar-refractivity contribution < 1.29 is 14.0 Å². The van der Waals surface area contributed by atoms with Crippen molar-refractivity contribution in [2.75, 3.05) is 4.90 Å². The highest BCUT2D eigenvalue weighted by molar-refractivity contribution is 7.03. The van der Waals surface area contributed by atoms with Crippen molar-refractivity contribution in [1.29, 1.82) is 0 Å². The molecule has 1 aliphatic carbocycles. The summed E-state index contributed by atoms with van der Waals surface area (Å²) in [6.45, 7) is 1.94. The molecule has 0 spiro atoms. The van der Waals surface area contributed by atoms with Crippen LogP contribution in [0.15, 0.2) is 52.5 Å². The van der Waals surface area contributed by atoms with Gasteiger partial charge in [-0.05, 0) is 61.1 Å². The Morgan fingerprint density at radius 2 is 2.03 bits per heavy atom. The predicted octanol–water partition coefficient (Wildman–Crippen LogP) is 4.28. The zero-order chi connectivity index (χ0) is 20.9. The monoisotopic (exact) mass is 424 g/mol. The molecule has 1 aromatic carbocycles. The number of nitrogens with one attached hydrogen (secondary N) is 1. The predicted molar refractivity (Wildman–Crippen MR) is 114 cm³/mol. The number of carbonyl (C=O) groups is 2. The second kappa shape index (κ2) is 9.21. The number of hydrogen-bond donors (Lipinski definition) is 1. The van der Waals surface area contributed by atoms with Gasteiger partial charge in [-0.25, -0.2) is 0 Å². The number of rotatable bonds is 6. The molecule has 0 bridgehead atoms.